The lowest BCUT2D eigenvalue weighted by Gasteiger charge is -2.76. The molecule has 6 atom stereocenters. The molecule has 7 aliphatic carbocycles. The van der Waals surface area contributed by atoms with Crippen molar-refractivity contribution in [2.24, 2.45) is 29.1 Å². The maximum absolute atomic E-state index is 2.64. The summed E-state index contributed by atoms with van der Waals surface area (Å²) in [6.45, 7) is 19.5. The van der Waals surface area contributed by atoms with E-state index in [-0.39, 0.29) is 27.1 Å². The van der Waals surface area contributed by atoms with E-state index in [1.807, 2.05) is 0 Å². The number of hydrogen-bond donors (Lipinski definition) is 0. The number of anilines is 3. The zero-order chi connectivity index (χ0) is 43.1. The lowest BCUT2D eigenvalue weighted by molar-refractivity contribution is -0.231. The van der Waals surface area contributed by atoms with E-state index in [1.165, 1.54) is 124 Å². The quantitative estimate of drug-likeness (QED) is 0.167. The van der Waals surface area contributed by atoms with Gasteiger partial charge in [0.05, 0.1) is 0 Å². The molecule has 0 amide bonds. The zero-order valence-corrected chi connectivity index (χ0v) is 39.0. The van der Waals surface area contributed by atoms with Crippen molar-refractivity contribution in [3.63, 3.8) is 0 Å². The fourth-order valence-corrected chi connectivity index (χ4v) is 16.0. The van der Waals surface area contributed by atoms with Gasteiger partial charge in [0, 0.05) is 22.5 Å². The van der Waals surface area contributed by atoms with Crippen LogP contribution in [0, 0.1) is 29.1 Å². The molecule has 0 aromatic heterocycles. The van der Waals surface area contributed by atoms with Gasteiger partial charge in [-0.25, -0.2) is 0 Å². The number of fused-ring (bicyclic) bond motifs is 10. The Balaban J connectivity index is 0.889. The molecule has 7 aliphatic rings. The second kappa shape index (κ2) is 12.5. The Hall–Kier alpha value is -4.88. The highest BCUT2D eigenvalue weighted by Crippen LogP contribution is 2.89. The molecule has 0 N–H and O–H groups in total. The Bertz CT molecular complexity index is 2890. The largest absolute Gasteiger partial charge is 0.310 e. The molecule has 1 heteroatoms. The van der Waals surface area contributed by atoms with Gasteiger partial charge in [-0.15, -0.1) is 0 Å². The number of hydrogen-bond acceptors (Lipinski definition) is 1. The average Bonchev–Trinajstić information content (AvgIpc) is 3.91. The van der Waals surface area contributed by atoms with Crippen LogP contribution >= 0.6 is 0 Å². The normalized spacial score (nSPS) is 29.7. The number of benzene rings is 6. The van der Waals surface area contributed by atoms with Crippen molar-refractivity contribution in [2.75, 3.05) is 4.90 Å². The van der Waals surface area contributed by atoms with Crippen molar-refractivity contribution in [1.29, 1.82) is 0 Å². The van der Waals surface area contributed by atoms with Crippen LogP contribution < -0.4 is 4.90 Å². The van der Waals surface area contributed by atoms with E-state index in [2.05, 4.69) is 188 Å². The average molecular weight is 824 g/mol. The van der Waals surface area contributed by atoms with E-state index in [9.17, 15) is 0 Å². The summed E-state index contributed by atoms with van der Waals surface area (Å²) in [5.41, 5.74) is 22.8. The van der Waals surface area contributed by atoms with Crippen LogP contribution in [0.2, 0.25) is 0 Å². The van der Waals surface area contributed by atoms with Crippen molar-refractivity contribution in [3.05, 3.63) is 161 Å². The first-order chi connectivity index (χ1) is 30.1. The highest BCUT2D eigenvalue weighted by molar-refractivity contribution is 5.87. The Kier molecular flexibility index (Phi) is 7.63. The Morgan fingerprint density at radius 3 is 1.49 bits per heavy atom. The van der Waals surface area contributed by atoms with E-state index in [1.54, 1.807) is 11.1 Å². The first-order valence-electron chi connectivity index (χ1n) is 24.7. The van der Waals surface area contributed by atoms with Crippen LogP contribution in [0.5, 0.6) is 0 Å². The van der Waals surface area contributed by atoms with E-state index < -0.39 is 0 Å². The van der Waals surface area contributed by atoms with Crippen LogP contribution in [0.4, 0.5) is 17.1 Å². The molecule has 318 valence electrons. The number of nitrogens with zero attached hydrogens (tertiary/aromatic N) is 1. The maximum Gasteiger partial charge on any atom is 0.0464 e. The molecule has 1 nitrogen and oxygen atoms in total. The molecule has 0 saturated heterocycles. The van der Waals surface area contributed by atoms with Crippen LogP contribution in [0.1, 0.15) is 140 Å². The third-order valence-corrected chi connectivity index (χ3v) is 19.5. The summed E-state index contributed by atoms with van der Waals surface area (Å²) in [5, 5.41) is 0. The Labute approximate surface area is 377 Å². The van der Waals surface area contributed by atoms with Gasteiger partial charge < -0.3 is 4.90 Å². The molecule has 6 unspecified atom stereocenters. The SMILES string of the molecule is CC1(C)CCC(C)(C)c2cc(-c3ccc(N(c4ccc(-c5ccc6c(c5)C5(c7ccccc7-6)C6CC7CC8CC5C86C7)cc4)c4ccc5c(c4)C(C)(C)CCC5(C)C)cc3)ccc21. The van der Waals surface area contributed by atoms with Crippen molar-refractivity contribution < 1.29 is 0 Å². The van der Waals surface area contributed by atoms with Gasteiger partial charge in [0.2, 0.25) is 0 Å². The van der Waals surface area contributed by atoms with Crippen LogP contribution in [0.3, 0.4) is 0 Å². The third kappa shape index (κ3) is 5.01. The first-order valence-corrected chi connectivity index (χ1v) is 24.7. The fraction of sp³-hybridized carbons (Fsp3) is 0.419. The monoisotopic (exact) mass is 824 g/mol. The van der Waals surface area contributed by atoms with Gasteiger partial charge in [-0.3, -0.25) is 0 Å². The summed E-state index contributed by atoms with van der Waals surface area (Å²) in [4.78, 5) is 2.51. The first kappa shape index (κ1) is 38.6. The number of rotatable bonds is 5. The summed E-state index contributed by atoms with van der Waals surface area (Å²) >= 11 is 0. The second-order valence-electron chi connectivity index (χ2n) is 24.3. The third-order valence-electron chi connectivity index (χ3n) is 19.5. The summed E-state index contributed by atoms with van der Waals surface area (Å²) < 4.78 is 0. The maximum atomic E-state index is 2.64. The molecule has 6 aromatic rings. The standard InChI is InChI=1S/C62H65N/c1-57(2)27-29-59(5,6)53-34-42(18-25-50(53)57)40-15-21-45(22-16-40)63(46-23-26-51-54(36-46)60(7,8)30-28-58(51,3)4)44-19-13-39(14-20-44)41-17-24-48-47-11-9-10-12-49(47)62(52(48)33-41)55-32-38-31-43-35-56(62)61(43,55)37-38/h9-26,33-34,36,38,43,55-56H,27-32,35,37H2,1-8H3. The molecule has 4 saturated carbocycles. The van der Waals surface area contributed by atoms with Crippen LogP contribution in [0.15, 0.2) is 127 Å². The fourth-order valence-electron chi connectivity index (χ4n) is 16.0. The minimum absolute atomic E-state index is 0.123. The molecule has 6 aromatic carbocycles. The van der Waals surface area contributed by atoms with E-state index in [0.717, 1.165) is 23.7 Å². The molecule has 4 fully saturated rings. The molecule has 0 heterocycles. The van der Waals surface area contributed by atoms with Gasteiger partial charge in [0.15, 0.2) is 0 Å². The highest BCUT2D eigenvalue weighted by atomic mass is 15.1. The Morgan fingerprint density at radius 1 is 0.397 bits per heavy atom. The Morgan fingerprint density at radius 2 is 0.873 bits per heavy atom. The molecule has 63 heavy (non-hydrogen) atoms. The molecule has 2 bridgehead atoms. The highest BCUT2D eigenvalue weighted by Gasteiger charge is 2.84. The molecule has 13 rings (SSSR count). The predicted octanol–water partition coefficient (Wildman–Crippen LogP) is 16.5. The summed E-state index contributed by atoms with van der Waals surface area (Å²) in [7, 11) is 0. The minimum Gasteiger partial charge on any atom is -0.310 e. The molecule has 0 radical (unpaired) electrons. The van der Waals surface area contributed by atoms with Crippen molar-refractivity contribution in [3.8, 4) is 33.4 Å². The molecular weight excluding hydrogens is 759 g/mol. The smallest absolute Gasteiger partial charge is 0.0464 e. The molecule has 2 spiro atoms. The van der Waals surface area contributed by atoms with Gasteiger partial charge in [-0.05, 0) is 211 Å². The predicted molar refractivity (Wildman–Crippen MR) is 264 cm³/mol. The minimum atomic E-state index is 0.123. The van der Waals surface area contributed by atoms with Crippen LogP contribution in [0.25, 0.3) is 33.4 Å². The summed E-state index contributed by atoms with van der Waals surface area (Å²) in [6, 6.07) is 50.7. The van der Waals surface area contributed by atoms with Gasteiger partial charge in [0.1, 0.15) is 0 Å². The van der Waals surface area contributed by atoms with Gasteiger partial charge in [-0.2, -0.15) is 0 Å². The summed E-state index contributed by atoms with van der Waals surface area (Å²) in [6.07, 6.45) is 10.8. The van der Waals surface area contributed by atoms with Crippen molar-refractivity contribution >= 4 is 17.1 Å². The van der Waals surface area contributed by atoms with Gasteiger partial charge in [0.25, 0.3) is 0 Å². The molecular formula is C62H65N. The van der Waals surface area contributed by atoms with Crippen molar-refractivity contribution in [1.82, 2.24) is 0 Å². The molecule has 0 aliphatic heterocycles. The lowest BCUT2D eigenvalue weighted by Crippen LogP contribution is -2.73. The zero-order valence-electron chi connectivity index (χ0n) is 39.0. The van der Waals surface area contributed by atoms with E-state index >= 15 is 0 Å². The second-order valence-corrected chi connectivity index (χ2v) is 24.3. The van der Waals surface area contributed by atoms with E-state index in [4.69, 9.17) is 0 Å². The lowest BCUT2D eigenvalue weighted by atomic mass is 9.27. The van der Waals surface area contributed by atoms with Crippen LogP contribution in [-0.4, -0.2) is 0 Å². The topological polar surface area (TPSA) is 3.24 Å². The van der Waals surface area contributed by atoms with Gasteiger partial charge in [-0.1, -0.05) is 140 Å². The van der Waals surface area contributed by atoms with Gasteiger partial charge >= 0.3 is 0 Å². The van der Waals surface area contributed by atoms with Crippen LogP contribution in [-0.2, 0) is 27.1 Å². The van der Waals surface area contributed by atoms with E-state index in [0.29, 0.717) is 5.41 Å². The van der Waals surface area contributed by atoms with Crippen molar-refractivity contribution in [2.45, 2.75) is 134 Å². The summed E-state index contributed by atoms with van der Waals surface area (Å²) in [5.74, 6) is 3.61.